The van der Waals surface area contributed by atoms with Gasteiger partial charge in [-0.3, -0.25) is 0 Å². The van der Waals surface area contributed by atoms with Crippen LogP contribution in [-0.4, -0.2) is 23.3 Å². The normalized spacial score (nSPS) is 21.9. The molecule has 0 saturated carbocycles. The Kier molecular flexibility index (Phi) is 4.08. The second kappa shape index (κ2) is 6.36. The molecule has 1 unspecified atom stereocenters. The summed E-state index contributed by atoms with van der Waals surface area (Å²) in [5.74, 6) is 0.453. The molecule has 0 radical (unpaired) electrons. The Morgan fingerprint density at radius 1 is 1.22 bits per heavy atom. The van der Waals surface area contributed by atoms with Crippen LogP contribution in [-0.2, 0) is 12.8 Å². The molecule has 2 heterocycles. The minimum atomic E-state index is 0.453. The average Bonchev–Trinajstić information content (AvgIpc) is 3.04. The zero-order valence-corrected chi connectivity index (χ0v) is 13.8. The Bertz CT molecular complexity index is 673. The second-order valence-corrected chi connectivity index (χ2v) is 6.93. The third-order valence-corrected chi connectivity index (χ3v) is 5.34. The van der Waals surface area contributed by atoms with E-state index in [1.807, 2.05) is 0 Å². The minimum absolute atomic E-state index is 0.453. The van der Waals surface area contributed by atoms with Gasteiger partial charge in [0, 0.05) is 19.0 Å². The van der Waals surface area contributed by atoms with Gasteiger partial charge in [0.15, 0.2) is 0 Å². The number of hydrogen-bond acceptors (Lipinski definition) is 4. The highest BCUT2D eigenvalue weighted by atomic mass is 16.5. The summed E-state index contributed by atoms with van der Waals surface area (Å²) in [6.45, 7) is 4.44. The molecule has 1 atom stereocenters. The maximum atomic E-state index is 5.32. The van der Waals surface area contributed by atoms with Crippen molar-refractivity contribution in [3.05, 3.63) is 46.8 Å². The van der Waals surface area contributed by atoms with E-state index in [4.69, 9.17) is 4.52 Å². The van der Waals surface area contributed by atoms with E-state index in [2.05, 4.69) is 40.7 Å². The monoisotopic (exact) mass is 311 g/mol. The van der Waals surface area contributed by atoms with Crippen molar-refractivity contribution in [3.8, 4) is 0 Å². The van der Waals surface area contributed by atoms with Gasteiger partial charge in [-0.25, -0.2) is 5.01 Å². The van der Waals surface area contributed by atoms with E-state index in [1.165, 1.54) is 36.0 Å². The number of rotatable bonds is 3. The van der Waals surface area contributed by atoms with E-state index >= 15 is 0 Å². The number of piperidine rings is 1. The Hall–Kier alpha value is -1.81. The van der Waals surface area contributed by atoms with Crippen molar-refractivity contribution in [2.45, 2.75) is 51.4 Å². The molecule has 0 bridgehead atoms. The van der Waals surface area contributed by atoms with Crippen molar-refractivity contribution in [3.63, 3.8) is 0 Å². The molecule has 2 aromatic rings. The summed E-state index contributed by atoms with van der Waals surface area (Å²) in [5.41, 5.74) is 10.1. The molecule has 1 aromatic carbocycles. The first-order valence-corrected chi connectivity index (χ1v) is 8.84. The molecule has 122 valence electrons. The standard InChI is InChI=1S/C19H25N3O/c1-14-6-5-7-15-8-9-16(12-17(14)15)19-18(13-23-21-19)20-22-10-3-2-4-11-22/h5-7,13,16,20H,2-4,8-12H2,1H3. The summed E-state index contributed by atoms with van der Waals surface area (Å²) >= 11 is 0. The molecule has 23 heavy (non-hydrogen) atoms. The van der Waals surface area contributed by atoms with Crippen LogP contribution in [0.15, 0.2) is 29.0 Å². The van der Waals surface area contributed by atoms with Crippen LogP contribution in [0.25, 0.3) is 0 Å². The van der Waals surface area contributed by atoms with Crippen molar-refractivity contribution < 1.29 is 4.52 Å². The summed E-state index contributed by atoms with van der Waals surface area (Å²) in [4.78, 5) is 0. The molecule has 1 fully saturated rings. The SMILES string of the molecule is Cc1cccc2c1CC(c1nocc1NN1CCCCC1)CC2. The first-order valence-electron chi connectivity index (χ1n) is 8.84. The summed E-state index contributed by atoms with van der Waals surface area (Å²) < 4.78 is 5.32. The van der Waals surface area contributed by atoms with Crippen LogP contribution in [0.1, 0.15) is 54.0 Å². The summed E-state index contributed by atoms with van der Waals surface area (Å²) in [5, 5.41) is 6.65. The van der Waals surface area contributed by atoms with Gasteiger partial charge >= 0.3 is 0 Å². The second-order valence-electron chi connectivity index (χ2n) is 6.93. The fourth-order valence-electron chi connectivity index (χ4n) is 4.00. The smallest absolute Gasteiger partial charge is 0.148 e. The van der Waals surface area contributed by atoms with Crippen LogP contribution in [0.5, 0.6) is 0 Å². The summed E-state index contributed by atoms with van der Waals surface area (Å²) in [6, 6.07) is 6.67. The fraction of sp³-hybridized carbons (Fsp3) is 0.526. The highest BCUT2D eigenvalue weighted by Crippen LogP contribution is 2.36. The van der Waals surface area contributed by atoms with Gasteiger partial charge in [0.05, 0.1) is 0 Å². The van der Waals surface area contributed by atoms with E-state index in [-0.39, 0.29) is 0 Å². The molecule has 2 aliphatic rings. The number of hydrazine groups is 1. The highest BCUT2D eigenvalue weighted by Gasteiger charge is 2.26. The van der Waals surface area contributed by atoms with Crippen LogP contribution in [0.3, 0.4) is 0 Å². The number of fused-ring (bicyclic) bond motifs is 1. The molecule has 1 aliphatic heterocycles. The minimum Gasteiger partial charge on any atom is -0.362 e. The lowest BCUT2D eigenvalue weighted by atomic mass is 9.80. The topological polar surface area (TPSA) is 41.3 Å². The molecular weight excluding hydrogens is 286 g/mol. The molecule has 0 amide bonds. The zero-order valence-electron chi connectivity index (χ0n) is 13.8. The van der Waals surface area contributed by atoms with E-state index in [0.717, 1.165) is 43.7 Å². The first-order chi connectivity index (χ1) is 11.3. The summed E-state index contributed by atoms with van der Waals surface area (Å²) in [6.07, 6.45) is 9.01. The van der Waals surface area contributed by atoms with Crippen molar-refractivity contribution in [2.75, 3.05) is 18.5 Å². The largest absolute Gasteiger partial charge is 0.362 e. The first kappa shape index (κ1) is 14.8. The maximum absolute atomic E-state index is 5.32. The van der Waals surface area contributed by atoms with Crippen LogP contribution < -0.4 is 5.43 Å². The van der Waals surface area contributed by atoms with Crippen molar-refractivity contribution in [2.24, 2.45) is 0 Å². The van der Waals surface area contributed by atoms with E-state index in [0.29, 0.717) is 5.92 Å². The Balaban J connectivity index is 1.53. The zero-order chi connectivity index (χ0) is 15.6. The quantitative estimate of drug-likeness (QED) is 0.928. The van der Waals surface area contributed by atoms with Gasteiger partial charge in [0.2, 0.25) is 0 Å². The Labute approximate surface area is 137 Å². The van der Waals surface area contributed by atoms with Gasteiger partial charge in [0.1, 0.15) is 17.6 Å². The highest BCUT2D eigenvalue weighted by molar-refractivity contribution is 5.48. The van der Waals surface area contributed by atoms with Gasteiger partial charge in [-0.1, -0.05) is 29.8 Å². The van der Waals surface area contributed by atoms with E-state index in [9.17, 15) is 0 Å². The predicted molar refractivity (Wildman–Crippen MR) is 91.5 cm³/mol. The van der Waals surface area contributed by atoms with Gasteiger partial charge in [0.25, 0.3) is 0 Å². The van der Waals surface area contributed by atoms with Gasteiger partial charge in [-0.15, -0.1) is 0 Å². The summed E-state index contributed by atoms with van der Waals surface area (Å²) in [7, 11) is 0. The number of hydrogen-bond donors (Lipinski definition) is 1. The van der Waals surface area contributed by atoms with Gasteiger partial charge in [-0.2, -0.15) is 0 Å². The van der Waals surface area contributed by atoms with E-state index < -0.39 is 0 Å². The number of aromatic nitrogens is 1. The van der Waals surface area contributed by atoms with Gasteiger partial charge in [-0.05, 0) is 55.7 Å². The predicted octanol–water partition coefficient (Wildman–Crippen LogP) is 4.07. The third-order valence-electron chi connectivity index (χ3n) is 5.34. The third kappa shape index (κ3) is 3.00. The average molecular weight is 311 g/mol. The molecule has 1 saturated heterocycles. The Morgan fingerprint density at radius 2 is 2.09 bits per heavy atom. The van der Waals surface area contributed by atoms with Crippen LogP contribution >= 0.6 is 0 Å². The lowest BCUT2D eigenvalue weighted by Crippen LogP contribution is -2.35. The molecule has 1 aromatic heterocycles. The number of nitrogens with zero attached hydrogens (tertiary/aromatic N) is 2. The number of nitrogens with one attached hydrogen (secondary N) is 1. The molecule has 1 N–H and O–H groups in total. The molecule has 4 rings (SSSR count). The molecule has 0 spiro atoms. The van der Waals surface area contributed by atoms with E-state index in [1.54, 1.807) is 6.26 Å². The molecule has 4 nitrogen and oxygen atoms in total. The lowest BCUT2D eigenvalue weighted by Gasteiger charge is -2.29. The number of aryl methyl sites for hydroxylation is 2. The molecular formula is C19H25N3O. The maximum Gasteiger partial charge on any atom is 0.148 e. The van der Waals surface area contributed by atoms with Crippen molar-refractivity contribution in [1.82, 2.24) is 10.2 Å². The van der Waals surface area contributed by atoms with Gasteiger partial charge < -0.3 is 9.95 Å². The number of anilines is 1. The van der Waals surface area contributed by atoms with Crippen molar-refractivity contribution in [1.29, 1.82) is 0 Å². The fourth-order valence-corrected chi connectivity index (χ4v) is 4.00. The molecule has 4 heteroatoms. The lowest BCUT2D eigenvalue weighted by molar-refractivity contribution is 0.272. The Morgan fingerprint density at radius 3 is 2.96 bits per heavy atom. The van der Waals surface area contributed by atoms with Crippen LogP contribution in [0.4, 0.5) is 5.69 Å². The molecule has 1 aliphatic carbocycles. The van der Waals surface area contributed by atoms with Crippen LogP contribution in [0.2, 0.25) is 0 Å². The van der Waals surface area contributed by atoms with Crippen LogP contribution in [0, 0.1) is 6.92 Å². The van der Waals surface area contributed by atoms with Crippen molar-refractivity contribution >= 4 is 5.69 Å². The number of benzene rings is 1.